The van der Waals surface area contributed by atoms with Crippen molar-refractivity contribution in [1.82, 2.24) is 20.6 Å². The number of nitrogens with one attached hydrogen (secondary N) is 2. The highest BCUT2D eigenvalue weighted by atomic mass is 16.2. The summed E-state index contributed by atoms with van der Waals surface area (Å²) in [6, 6.07) is 23.5. The van der Waals surface area contributed by atoms with Crippen LogP contribution in [0.2, 0.25) is 0 Å². The number of hydrazone groups is 1. The Kier molecular flexibility index (Phi) is 5.02. The monoisotopic (exact) mass is 367 g/mol. The van der Waals surface area contributed by atoms with Crippen LogP contribution in [-0.2, 0) is 0 Å². The third-order valence-electron chi connectivity index (χ3n) is 4.17. The molecule has 0 unspecified atom stereocenters. The van der Waals surface area contributed by atoms with Crippen LogP contribution in [-0.4, -0.2) is 27.3 Å². The lowest BCUT2D eigenvalue weighted by atomic mass is 10.0. The number of aromatic nitrogens is 3. The lowest BCUT2D eigenvalue weighted by Crippen LogP contribution is -2.18. The molecule has 2 aromatic carbocycles. The second kappa shape index (κ2) is 8.09. The number of pyridine rings is 1. The lowest BCUT2D eigenvalue weighted by molar-refractivity contribution is 0.0950. The summed E-state index contributed by atoms with van der Waals surface area (Å²) >= 11 is 0. The second-order valence-electron chi connectivity index (χ2n) is 6.10. The first kappa shape index (κ1) is 17.4. The molecule has 2 aromatic heterocycles. The maximum absolute atomic E-state index is 12.2. The van der Waals surface area contributed by atoms with Crippen LogP contribution in [0.25, 0.3) is 22.4 Å². The lowest BCUT2D eigenvalue weighted by Gasteiger charge is -2.02. The zero-order chi connectivity index (χ0) is 19.2. The summed E-state index contributed by atoms with van der Waals surface area (Å²) in [5.74, 6) is -0.361. The standard InChI is InChI=1S/C22H17N5O/c28-22(27-24-15-16-5-4-12-23-14-16)21-13-20(25-26-21)19-10-8-18(9-11-19)17-6-2-1-3-7-17/h1-15H,(H,25,26)(H,27,28)/b24-15+. The summed E-state index contributed by atoms with van der Waals surface area (Å²) in [6.45, 7) is 0. The Morgan fingerprint density at radius 2 is 1.68 bits per heavy atom. The van der Waals surface area contributed by atoms with Crippen LogP contribution in [0.5, 0.6) is 0 Å². The Hall–Kier alpha value is -4.06. The SMILES string of the molecule is O=C(N/N=C/c1cccnc1)c1cc(-c2ccc(-c3ccccc3)cc2)n[nH]1. The molecular weight excluding hydrogens is 350 g/mol. The summed E-state index contributed by atoms with van der Waals surface area (Å²) in [6.07, 6.45) is 4.86. The van der Waals surface area contributed by atoms with Gasteiger partial charge >= 0.3 is 0 Å². The number of hydrogen-bond donors (Lipinski definition) is 2. The van der Waals surface area contributed by atoms with Crippen molar-refractivity contribution in [1.29, 1.82) is 0 Å². The summed E-state index contributed by atoms with van der Waals surface area (Å²) in [7, 11) is 0. The number of carbonyl (C=O) groups is 1. The molecule has 0 radical (unpaired) electrons. The van der Waals surface area contributed by atoms with Crippen LogP contribution < -0.4 is 5.43 Å². The van der Waals surface area contributed by atoms with Gasteiger partial charge in [-0.15, -0.1) is 0 Å². The minimum atomic E-state index is -0.361. The van der Waals surface area contributed by atoms with Gasteiger partial charge in [0.25, 0.3) is 5.91 Å². The van der Waals surface area contributed by atoms with Crippen LogP contribution in [0, 0.1) is 0 Å². The van der Waals surface area contributed by atoms with Crippen molar-refractivity contribution >= 4 is 12.1 Å². The quantitative estimate of drug-likeness (QED) is 0.414. The van der Waals surface area contributed by atoms with E-state index in [1.54, 1.807) is 24.5 Å². The predicted molar refractivity (Wildman–Crippen MR) is 109 cm³/mol. The van der Waals surface area contributed by atoms with Crippen LogP contribution in [0.3, 0.4) is 0 Å². The highest BCUT2D eigenvalue weighted by Gasteiger charge is 2.10. The molecule has 0 spiro atoms. The fourth-order valence-electron chi connectivity index (χ4n) is 2.73. The topological polar surface area (TPSA) is 83.0 Å². The molecule has 0 bridgehead atoms. The number of benzene rings is 2. The van der Waals surface area contributed by atoms with Gasteiger partial charge in [-0.2, -0.15) is 10.2 Å². The minimum Gasteiger partial charge on any atom is -0.272 e. The highest BCUT2D eigenvalue weighted by molar-refractivity contribution is 5.94. The highest BCUT2D eigenvalue weighted by Crippen LogP contribution is 2.24. The smallest absolute Gasteiger partial charge is 0.272 e. The van der Waals surface area contributed by atoms with Crippen molar-refractivity contribution in [3.8, 4) is 22.4 Å². The Balaban J connectivity index is 1.44. The van der Waals surface area contributed by atoms with Gasteiger partial charge in [0, 0.05) is 23.5 Å². The first-order chi connectivity index (χ1) is 13.8. The van der Waals surface area contributed by atoms with Gasteiger partial charge in [-0.05, 0) is 23.3 Å². The van der Waals surface area contributed by atoms with Gasteiger partial charge in [0.2, 0.25) is 0 Å². The average molecular weight is 367 g/mol. The molecule has 136 valence electrons. The zero-order valence-electron chi connectivity index (χ0n) is 14.9. The average Bonchev–Trinajstić information content (AvgIpc) is 3.26. The molecule has 4 rings (SSSR count). The Morgan fingerprint density at radius 1 is 0.929 bits per heavy atom. The van der Waals surface area contributed by atoms with Gasteiger partial charge in [-0.3, -0.25) is 14.9 Å². The van der Waals surface area contributed by atoms with Gasteiger partial charge in [-0.1, -0.05) is 60.7 Å². The molecule has 0 saturated carbocycles. The van der Waals surface area contributed by atoms with Gasteiger partial charge in [0.05, 0.1) is 11.9 Å². The van der Waals surface area contributed by atoms with Gasteiger partial charge in [-0.25, -0.2) is 5.43 Å². The first-order valence-corrected chi connectivity index (χ1v) is 8.74. The van der Waals surface area contributed by atoms with E-state index in [2.05, 4.69) is 37.8 Å². The molecular formula is C22H17N5O. The van der Waals surface area contributed by atoms with E-state index in [9.17, 15) is 4.79 Å². The third kappa shape index (κ3) is 4.02. The van der Waals surface area contributed by atoms with E-state index < -0.39 is 0 Å². The molecule has 6 heteroatoms. The van der Waals surface area contributed by atoms with Crippen LogP contribution >= 0.6 is 0 Å². The number of rotatable bonds is 5. The summed E-state index contributed by atoms with van der Waals surface area (Å²) in [5.41, 5.74) is 7.51. The second-order valence-corrected chi connectivity index (χ2v) is 6.10. The van der Waals surface area contributed by atoms with E-state index in [4.69, 9.17) is 0 Å². The maximum Gasteiger partial charge on any atom is 0.289 e. The molecule has 6 nitrogen and oxygen atoms in total. The van der Waals surface area contributed by atoms with Gasteiger partial charge in [0.15, 0.2) is 0 Å². The van der Waals surface area contributed by atoms with E-state index in [0.717, 1.165) is 22.3 Å². The van der Waals surface area contributed by atoms with Crippen LogP contribution in [0.4, 0.5) is 0 Å². The zero-order valence-corrected chi connectivity index (χ0v) is 14.9. The minimum absolute atomic E-state index is 0.338. The number of carbonyl (C=O) groups excluding carboxylic acids is 1. The van der Waals surface area contributed by atoms with Crippen LogP contribution in [0.15, 0.2) is 90.3 Å². The summed E-state index contributed by atoms with van der Waals surface area (Å²) in [4.78, 5) is 16.2. The van der Waals surface area contributed by atoms with Crippen molar-refractivity contribution in [2.75, 3.05) is 0 Å². The Morgan fingerprint density at radius 3 is 2.43 bits per heavy atom. The molecule has 0 aliphatic carbocycles. The number of hydrogen-bond acceptors (Lipinski definition) is 4. The molecule has 1 amide bonds. The predicted octanol–water partition coefficient (Wildman–Crippen LogP) is 3.90. The normalized spacial score (nSPS) is 10.9. The number of amides is 1. The number of H-pyrrole nitrogens is 1. The van der Waals surface area contributed by atoms with Crippen LogP contribution in [0.1, 0.15) is 16.1 Å². The summed E-state index contributed by atoms with van der Waals surface area (Å²) < 4.78 is 0. The number of nitrogens with zero attached hydrogens (tertiary/aromatic N) is 3. The Labute approximate surface area is 162 Å². The molecule has 0 aliphatic heterocycles. The van der Waals surface area contributed by atoms with Crippen molar-refractivity contribution in [2.45, 2.75) is 0 Å². The van der Waals surface area contributed by atoms with Crippen molar-refractivity contribution in [3.63, 3.8) is 0 Å². The van der Waals surface area contributed by atoms with Gasteiger partial charge < -0.3 is 0 Å². The Bertz CT molecular complexity index is 1090. The fourth-order valence-corrected chi connectivity index (χ4v) is 2.73. The van der Waals surface area contributed by atoms with E-state index in [1.807, 2.05) is 48.5 Å². The summed E-state index contributed by atoms with van der Waals surface area (Å²) in [5, 5.41) is 10.9. The third-order valence-corrected chi connectivity index (χ3v) is 4.17. The molecule has 0 saturated heterocycles. The molecule has 0 atom stereocenters. The van der Waals surface area contributed by atoms with E-state index in [1.165, 1.54) is 6.21 Å². The van der Waals surface area contributed by atoms with E-state index in [0.29, 0.717) is 11.4 Å². The maximum atomic E-state index is 12.2. The van der Waals surface area contributed by atoms with Crippen molar-refractivity contribution in [3.05, 3.63) is 96.4 Å². The molecule has 0 aliphatic rings. The fraction of sp³-hybridized carbons (Fsp3) is 0. The molecule has 0 fully saturated rings. The number of aromatic amines is 1. The van der Waals surface area contributed by atoms with Gasteiger partial charge in [0.1, 0.15) is 5.69 Å². The molecule has 28 heavy (non-hydrogen) atoms. The largest absolute Gasteiger partial charge is 0.289 e. The van der Waals surface area contributed by atoms with E-state index >= 15 is 0 Å². The molecule has 4 aromatic rings. The van der Waals surface area contributed by atoms with Crippen molar-refractivity contribution < 1.29 is 4.79 Å². The van der Waals surface area contributed by atoms with E-state index in [-0.39, 0.29) is 5.91 Å². The molecule has 2 heterocycles. The molecule has 2 N–H and O–H groups in total. The van der Waals surface area contributed by atoms with Crippen molar-refractivity contribution in [2.24, 2.45) is 5.10 Å². The first-order valence-electron chi connectivity index (χ1n) is 8.74.